The van der Waals surface area contributed by atoms with Crippen molar-refractivity contribution >= 4 is 32.9 Å². The average Bonchev–Trinajstić information content (AvgIpc) is 2.69. The summed E-state index contributed by atoms with van der Waals surface area (Å²) in [4.78, 5) is 24.3. The fourth-order valence-electron chi connectivity index (χ4n) is 2.56. The number of esters is 1. The van der Waals surface area contributed by atoms with E-state index in [2.05, 4.69) is 20.7 Å². The van der Waals surface area contributed by atoms with E-state index in [9.17, 15) is 22.8 Å². The van der Waals surface area contributed by atoms with Gasteiger partial charge in [-0.25, -0.2) is 4.79 Å². The van der Waals surface area contributed by atoms with Gasteiger partial charge in [-0.2, -0.15) is 13.2 Å². The molecular formula is C20H14BrF3O6. The first kappa shape index (κ1) is 21.7. The van der Waals surface area contributed by atoms with Crippen LogP contribution in [0.3, 0.4) is 0 Å². The monoisotopic (exact) mass is 486 g/mol. The Morgan fingerprint density at radius 1 is 1.17 bits per heavy atom. The molecule has 158 valence electrons. The Balaban J connectivity index is 2.12. The van der Waals surface area contributed by atoms with Crippen LogP contribution in [0.25, 0.3) is 11.0 Å². The van der Waals surface area contributed by atoms with Crippen molar-refractivity contribution in [3.05, 3.63) is 62.9 Å². The zero-order valence-electron chi connectivity index (χ0n) is 15.6. The summed E-state index contributed by atoms with van der Waals surface area (Å²) >= 11 is 3.16. The fourth-order valence-corrected chi connectivity index (χ4v) is 2.93. The van der Waals surface area contributed by atoms with E-state index in [1.165, 1.54) is 32.2 Å². The van der Waals surface area contributed by atoms with Crippen LogP contribution >= 0.6 is 15.9 Å². The van der Waals surface area contributed by atoms with Gasteiger partial charge in [0.15, 0.2) is 6.10 Å². The van der Waals surface area contributed by atoms with Crippen molar-refractivity contribution in [3.63, 3.8) is 0 Å². The Kier molecular flexibility index (Phi) is 6.06. The van der Waals surface area contributed by atoms with Gasteiger partial charge in [0.1, 0.15) is 17.1 Å². The first-order chi connectivity index (χ1) is 14.1. The molecule has 30 heavy (non-hydrogen) atoms. The summed E-state index contributed by atoms with van der Waals surface area (Å²) in [6.07, 6.45) is -6.01. The molecule has 2 aromatic carbocycles. The van der Waals surface area contributed by atoms with Crippen LogP contribution in [0, 0.1) is 0 Å². The van der Waals surface area contributed by atoms with Crippen molar-refractivity contribution in [1.82, 2.24) is 0 Å². The number of rotatable bonds is 5. The standard InChI is InChI=1S/C20H14BrF3O6/c1-10(19(26)27-2)28-11-7-8-12-15(9-11)30-18(20(22,23)24)17(16(12)25)29-14-6-4-3-5-13(14)21/h3-10H,1-2H3. The van der Waals surface area contributed by atoms with Crippen LogP contribution in [-0.2, 0) is 15.7 Å². The lowest BCUT2D eigenvalue weighted by Crippen LogP contribution is -2.24. The molecule has 3 aromatic rings. The molecule has 0 spiro atoms. The molecule has 1 unspecified atom stereocenters. The van der Waals surface area contributed by atoms with E-state index < -0.39 is 35.2 Å². The lowest BCUT2D eigenvalue weighted by molar-refractivity contribution is -0.154. The molecular weight excluding hydrogens is 473 g/mol. The van der Waals surface area contributed by atoms with E-state index >= 15 is 0 Å². The fraction of sp³-hybridized carbons (Fsp3) is 0.200. The Hall–Kier alpha value is -3.01. The maximum absolute atomic E-state index is 13.6. The predicted molar refractivity (Wildman–Crippen MR) is 104 cm³/mol. The second-order valence-corrected chi connectivity index (χ2v) is 6.92. The molecule has 1 heterocycles. The Morgan fingerprint density at radius 2 is 1.87 bits per heavy atom. The number of benzene rings is 2. The number of carbonyl (C=O) groups excluding carboxylic acids is 1. The normalized spacial score (nSPS) is 12.5. The van der Waals surface area contributed by atoms with Gasteiger partial charge in [0.25, 0.3) is 5.76 Å². The predicted octanol–water partition coefficient (Wildman–Crippen LogP) is 5.31. The van der Waals surface area contributed by atoms with E-state index in [1.807, 2.05) is 0 Å². The van der Waals surface area contributed by atoms with Crippen molar-refractivity contribution in [2.45, 2.75) is 19.2 Å². The summed E-state index contributed by atoms with van der Waals surface area (Å²) in [5.74, 6) is -3.21. The van der Waals surface area contributed by atoms with Gasteiger partial charge < -0.3 is 18.6 Å². The van der Waals surface area contributed by atoms with Crippen molar-refractivity contribution in [1.29, 1.82) is 0 Å². The molecule has 3 rings (SSSR count). The summed E-state index contributed by atoms with van der Waals surface area (Å²) in [5.41, 5.74) is -1.38. The van der Waals surface area contributed by atoms with E-state index in [0.717, 1.165) is 6.07 Å². The highest BCUT2D eigenvalue weighted by atomic mass is 79.9. The quantitative estimate of drug-likeness (QED) is 0.455. The SMILES string of the molecule is COC(=O)C(C)Oc1ccc2c(=O)c(Oc3ccccc3Br)c(C(F)(F)F)oc2c1. The molecule has 0 radical (unpaired) electrons. The van der Waals surface area contributed by atoms with Gasteiger partial charge in [-0.1, -0.05) is 12.1 Å². The van der Waals surface area contributed by atoms with Crippen molar-refractivity contribution in [2.75, 3.05) is 7.11 Å². The Labute approximate surface area is 176 Å². The lowest BCUT2D eigenvalue weighted by atomic mass is 10.2. The maximum atomic E-state index is 13.6. The van der Waals surface area contributed by atoms with Gasteiger partial charge in [-0.3, -0.25) is 4.79 Å². The van der Waals surface area contributed by atoms with Crippen LogP contribution in [-0.4, -0.2) is 19.2 Å². The molecule has 0 bridgehead atoms. The van der Waals surface area contributed by atoms with Gasteiger partial charge >= 0.3 is 12.1 Å². The minimum absolute atomic E-state index is 0.0153. The number of methoxy groups -OCH3 is 1. The number of hydrogen-bond acceptors (Lipinski definition) is 6. The zero-order chi connectivity index (χ0) is 22.1. The third-order valence-electron chi connectivity index (χ3n) is 3.97. The number of carbonyl (C=O) groups is 1. The van der Waals surface area contributed by atoms with E-state index in [0.29, 0.717) is 4.47 Å². The smallest absolute Gasteiger partial charge is 0.453 e. The number of fused-ring (bicyclic) bond motifs is 1. The summed E-state index contributed by atoms with van der Waals surface area (Å²) in [6.45, 7) is 1.40. The van der Waals surface area contributed by atoms with Crippen molar-refractivity contribution in [3.8, 4) is 17.2 Å². The van der Waals surface area contributed by atoms with Gasteiger partial charge in [0.05, 0.1) is 17.0 Å². The number of para-hydroxylation sites is 1. The van der Waals surface area contributed by atoms with Crippen LogP contribution in [0.2, 0.25) is 0 Å². The van der Waals surface area contributed by atoms with E-state index in [1.54, 1.807) is 18.2 Å². The molecule has 6 nitrogen and oxygen atoms in total. The first-order valence-corrected chi connectivity index (χ1v) is 9.26. The molecule has 0 saturated heterocycles. The molecule has 0 aliphatic heterocycles. The van der Waals surface area contributed by atoms with E-state index in [4.69, 9.17) is 13.9 Å². The van der Waals surface area contributed by atoms with Gasteiger partial charge in [-0.05, 0) is 47.1 Å². The zero-order valence-corrected chi connectivity index (χ0v) is 17.2. The summed E-state index contributed by atoms with van der Waals surface area (Å²) in [5, 5.41) is -0.150. The molecule has 10 heteroatoms. The van der Waals surface area contributed by atoms with Crippen LogP contribution in [0.15, 0.2) is 56.1 Å². The third kappa shape index (κ3) is 4.43. The molecule has 0 amide bonds. The lowest BCUT2D eigenvalue weighted by Gasteiger charge is -2.15. The highest BCUT2D eigenvalue weighted by molar-refractivity contribution is 9.10. The minimum atomic E-state index is -5.00. The molecule has 1 atom stereocenters. The Morgan fingerprint density at radius 3 is 2.50 bits per heavy atom. The van der Waals surface area contributed by atoms with Crippen molar-refractivity contribution < 1.29 is 36.6 Å². The highest BCUT2D eigenvalue weighted by Crippen LogP contribution is 2.39. The largest absolute Gasteiger partial charge is 0.479 e. The average molecular weight is 487 g/mol. The number of alkyl halides is 3. The maximum Gasteiger partial charge on any atom is 0.453 e. The van der Waals surface area contributed by atoms with Crippen LogP contribution in [0.1, 0.15) is 12.7 Å². The van der Waals surface area contributed by atoms with Crippen LogP contribution in [0.4, 0.5) is 13.2 Å². The minimum Gasteiger partial charge on any atom is -0.479 e. The van der Waals surface area contributed by atoms with Crippen LogP contribution in [0.5, 0.6) is 17.2 Å². The molecule has 0 saturated carbocycles. The molecule has 0 fully saturated rings. The van der Waals surface area contributed by atoms with Gasteiger partial charge in [0, 0.05) is 6.07 Å². The third-order valence-corrected chi connectivity index (χ3v) is 4.63. The number of hydrogen-bond donors (Lipinski definition) is 0. The molecule has 0 aliphatic rings. The van der Waals surface area contributed by atoms with Crippen LogP contribution < -0.4 is 14.9 Å². The second-order valence-electron chi connectivity index (χ2n) is 6.06. The topological polar surface area (TPSA) is 75.0 Å². The highest BCUT2D eigenvalue weighted by Gasteiger charge is 2.40. The van der Waals surface area contributed by atoms with E-state index in [-0.39, 0.29) is 22.5 Å². The number of halogens is 4. The Bertz CT molecular complexity index is 1160. The summed E-state index contributed by atoms with van der Waals surface area (Å²) < 4.78 is 61.3. The van der Waals surface area contributed by atoms with Crippen molar-refractivity contribution in [2.24, 2.45) is 0 Å². The van der Waals surface area contributed by atoms with Gasteiger partial charge in [0.2, 0.25) is 11.2 Å². The summed E-state index contributed by atoms with van der Waals surface area (Å²) in [7, 11) is 1.17. The molecule has 1 aromatic heterocycles. The first-order valence-electron chi connectivity index (χ1n) is 8.46. The summed E-state index contributed by atoms with van der Waals surface area (Å²) in [6, 6.07) is 9.79. The molecule has 0 aliphatic carbocycles. The molecule has 0 N–H and O–H groups in total. The second kappa shape index (κ2) is 8.39. The van der Waals surface area contributed by atoms with Gasteiger partial charge in [-0.15, -0.1) is 0 Å². The number of ether oxygens (including phenoxy) is 3.